The molecule has 82 valence electrons. The molecule has 0 aliphatic carbocycles. The average Bonchev–Trinajstić information content (AvgIpc) is 2.58. The van der Waals surface area contributed by atoms with Gasteiger partial charge in [0, 0.05) is 25.7 Å². The summed E-state index contributed by atoms with van der Waals surface area (Å²) in [6.07, 6.45) is 0. The summed E-state index contributed by atoms with van der Waals surface area (Å²) >= 11 is 1.38. The van der Waals surface area contributed by atoms with Crippen LogP contribution in [0.5, 0.6) is 0 Å². The molecule has 1 saturated heterocycles. The van der Waals surface area contributed by atoms with Gasteiger partial charge < -0.3 is 10.4 Å². The lowest BCUT2D eigenvalue weighted by Gasteiger charge is -2.36. The van der Waals surface area contributed by atoms with Crippen molar-refractivity contribution in [2.75, 3.05) is 13.1 Å². The Bertz CT molecular complexity index is 365. The highest BCUT2D eigenvalue weighted by Gasteiger charge is 2.23. The lowest BCUT2D eigenvalue weighted by Crippen LogP contribution is -2.53. The van der Waals surface area contributed by atoms with Crippen LogP contribution in [0.4, 0.5) is 0 Å². The van der Waals surface area contributed by atoms with Crippen LogP contribution < -0.4 is 5.32 Å². The molecule has 15 heavy (non-hydrogen) atoms. The van der Waals surface area contributed by atoms with Crippen LogP contribution in [0, 0.1) is 0 Å². The van der Waals surface area contributed by atoms with E-state index in [0.717, 1.165) is 18.0 Å². The number of hydrogen-bond acceptors (Lipinski definition) is 5. The van der Waals surface area contributed by atoms with Crippen molar-refractivity contribution in [2.24, 2.45) is 0 Å². The van der Waals surface area contributed by atoms with E-state index < -0.39 is 5.97 Å². The summed E-state index contributed by atoms with van der Waals surface area (Å²) in [5.41, 5.74) is 1.75. The molecule has 0 radical (unpaired) electrons. The van der Waals surface area contributed by atoms with Crippen LogP contribution in [-0.4, -0.2) is 39.9 Å². The summed E-state index contributed by atoms with van der Waals surface area (Å²) in [6, 6.07) is 0.464. The van der Waals surface area contributed by atoms with Gasteiger partial charge in [0.1, 0.15) is 0 Å². The first kappa shape index (κ1) is 11.0. The van der Waals surface area contributed by atoms with Crippen molar-refractivity contribution in [3.05, 3.63) is 16.1 Å². The highest BCUT2D eigenvalue weighted by atomic mass is 32.1. The van der Waals surface area contributed by atoms with Crippen LogP contribution in [0.1, 0.15) is 15.4 Å². The largest absolute Gasteiger partial charge is 0.476 e. The van der Waals surface area contributed by atoms with Crippen molar-refractivity contribution >= 4 is 26.7 Å². The van der Waals surface area contributed by atoms with E-state index >= 15 is 0 Å². The summed E-state index contributed by atoms with van der Waals surface area (Å²) < 4.78 is 2.13. The molecule has 0 spiro atoms. The predicted molar refractivity (Wildman–Crippen MR) is 61.0 cm³/mol. The number of hydrogen-bond donors (Lipinski definition) is 2. The van der Waals surface area contributed by atoms with E-state index in [1.807, 2.05) is 0 Å². The van der Waals surface area contributed by atoms with Gasteiger partial charge in [-0.05, 0) is 0 Å². The number of carboxylic acids is 1. The van der Waals surface area contributed by atoms with Crippen molar-refractivity contribution in [1.82, 2.24) is 15.0 Å². The van der Waals surface area contributed by atoms with Crippen molar-refractivity contribution in [3.8, 4) is 0 Å². The molecule has 1 aliphatic rings. The first-order chi connectivity index (χ1) is 7.16. The molecular weight excluding hydrogens is 233 g/mol. The molecule has 0 bridgehead atoms. The summed E-state index contributed by atoms with van der Waals surface area (Å²) in [5.74, 6) is -0.950. The molecular formula is C8H12N3O2PS. The zero-order chi connectivity index (χ0) is 10.8. The minimum Gasteiger partial charge on any atom is -0.476 e. The molecule has 2 heterocycles. The lowest BCUT2D eigenvalue weighted by atomic mass is 10.2. The van der Waals surface area contributed by atoms with Crippen molar-refractivity contribution in [3.63, 3.8) is 0 Å². The van der Waals surface area contributed by atoms with Gasteiger partial charge in [0.25, 0.3) is 0 Å². The molecule has 5 nitrogen and oxygen atoms in total. The van der Waals surface area contributed by atoms with Crippen LogP contribution in [0.15, 0.2) is 5.51 Å². The summed E-state index contributed by atoms with van der Waals surface area (Å²) in [6.45, 7) is 2.58. The van der Waals surface area contributed by atoms with Gasteiger partial charge in [0.2, 0.25) is 0 Å². The number of carboxylic acid groups (broad SMARTS) is 1. The van der Waals surface area contributed by atoms with Crippen LogP contribution >= 0.6 is 20.7 Å². The normalized spacial score (nSPS) is 17.7. The molecule has 1 unspecified atom stereocenters. The van der Waals surface area contributed by atoms with E-state index in [0.29, 0.717) is 12.6 Å². The van der Waals surface area contributed by atoms with Gasteiger partial charge in [0.15, 0.2) is 5.69 Å². The number of rotatable bonds is 4. The maximum Gasteiger partial charge on any atom is 0.355 e. The number of aromatic nitrogens is 1. The quantitative estimate of drug-likeness (QED) is 0.752. The van der Waals surface area contributed by atoms with Crippen molar-refractivity contribution in [1.29, 1.82) is 0 Å². The molecule has 1 atom stereocenters. The first-order valence-corrected chi connectivity index (χ1v) is 5.95. The van der Waals surface area contributed by atoms with E-state index in [1.165, 1.54) is 11.3 Å². The second-order valence-corrected chi connectivity index (χ2v) is 5.13. The molecule has 2 N–H and O–H groups in total. The predicted octanol–water partition coefficient (Wildman–Crippen LogP) is 0.405. The van der Waals surface area contributed by atoms with Gasteiger partial charge in [-0.3, -0.25) is 4.67 Å². The molecule has 0 saturated carbocycles. The van der Waals surface area contributed by atoms with Crippen molar-refractivity contribution < 1.29 is 9.90 Å². The van der Waals surface area contributed by atoms with Gasteiger partial charge in [-0.1, -0.05) is 9.39 Å². The number of aromatic carboxylic acids is 1. The van der Waals surface area contributed by atoms with Gasteiger partial charge >= 0.3 is 5.97 Å². The Morgan fingerprint density at radius 2 is 2.53 bits per heavy atom. The zero-order valence-corrected chi connectivity index (χ0v) is 9.98. The maximum absolute atomic E-state index is 10.8. The molecule has 0 aromatic carbocycles. The summed E-state index contributed by atoms with van der Waals surface area (Å²) in [7, 11) is 2.63. The Morgan fingerprint density at radius 3 is 3.13 bits per heavy atom. The number of nitrogens with zero attached hydrogens (tertiary/aromatic N) is 2. The third-order valence-corrected chi connectivity index (χ3v) is 3.56. The Labute approximate surface area is 93.8 Å². The second-order valence-electron chi connectivity index (χ2n) is 3.46. The SMILES string of the molecule is O=C(O)c1ncsc1CNC1CN(P)C1. The number of thiazole rings is 1. The van der Waals surface area contributed by atoms with Crippen LogP contribution in [-0.2, 0) is 6.54 Å². The van der Waals surface area contributed by atoms with Gasteiger partial charge in [-0.2, -0.15) is 0 Å². The summed E-state index contributed by atoms with van der Waals surface area (Å²) in [5, 5.41) is 12.1. The molecule has 1 aromatic heterocycles. The standard InChI is InChI=1S/C8H12N3O2PS/c12-8(13)7-6(15-4-10-7)1-9-5-2-11(14)3-5/h4-5,9H,1-3,14H2,(H,12,13). The number of nitrogens with one attached hydrogen (secondary N) is 1. The highest BCUT2D eigenvalue weighted by molar-refractivity contribution is 7.13. The van der Waals surface area contributed by atoms with E-state index in [1.54, 1.807) is 5.51 Å². The number of carbonyl (C=O) groups is 1. The Kier molecular flexibility index (Phi) is 3.31. The van der Waals surface area contributed by atoms with E-state index in [9.17, 15) is 4.79 Å². The lowest BCUT2D eigenvalue weighted by molar-refractivity contribution is 0.0690. The molecule has 1 aromatic rings. The molecule has 7 heteroatoms. The third kappa shape index (κ3) is 2.52. The Balaban J connectivity index is 1.88. The summed E-state index contributed by atoms with van der Waals surface area (Å²) in [4.78, 5) is 15.4. The minimum atomic E-state index is -0.950. The van der Waals surface area contributed by atoms with Crippen molar-refractivity contribution in [2.45, 2.75) is 12.6 Å². The Morgan fingerprint density at radius 1 is 1.80 bits per heavy atom. The molecule has 0 amide bonds. The van der Waals surface area contributed by atoms with Crippen LogP contribution in [0.2, 0.25) is 0 Å². The van der Waals surface area contributed by atoms with Crippen LogP contribution in [0.3, 0.4) is 0 Å². The fourth-order valence-electron chi connectivity index (χ4n) is 1.45. The van der Waals surface area contributed by atoms with Gasteiger partial charge in [-0.15, -0.1) is 11.3 Å². The minimum absolute atomic E-state index is 0.176. The van der Waals surface area contributed by atoms with Gasteiger partial charge in [0.05, 0.1) is 10.4 Å². The Hall–Kier alpha value is -0.550. The fraction of sp³-hybridized carbons (Fsp3) is 0.500. The zero-order valence-electron chi connectivity index (χ0n) is 8.01. The average molecular weight is 245 g/mol. The molecule has 1 fully saturated rings. The fourth-order valence-corrected chi connectivity index (χ4v) is 2.66. The first-order valence-electron chi connectivity index (χ1n) is 4.55. The van der Waals surface area contributed by atoms with Crippen LogP contribution in [0.25, 0.3) is 0 Å². The second kappa shape index (κ2) is 4.53. The van der Waals surface area contributed by atoms with Gasteiger partial charge in [-0.25, -0.2) is 9.78 Å². The van der Waals surface area contributed by atoms with E-state index in [4.69, 9.17) is 5.11 Å². The highest BCUT2D eigenvalue weighted by Crippen LogP contribution is 2.16. The monoisotopic (exact) mass is 245 g/mol. The van der Waals surface area contributed by atoms with E-state index in [2.05, 4.69) is 24.4 Å². The topological polar surface area (TPSA) is 65.5 Å². The molecule has 1 aliphatic heterocycles. The third-order valence-electron chi connectivity index (χ3n) is 2.30. The molecule has 2 rings (SSSR count). The smallest absolute Gasteiger partial charge is 0.355 e. The maximum atomic E-state index is 10.8. The van der Waals surface area contributed by atoms with E-state index in [-0.39, 0.29) is 5.69 Å².